The van der Waals surface area contributed by atoms with E-state index >= 15 is 0 Å². The molecule has 22 heavy (non-hydrogen) atoms. The van der Waals surface area contributed by atoms with Crippen molar-refractivity contribution in [2.45, 2.75) is 13.1 Å². The fourth-order valence-electron chi connectivity index (χ4n) is 2.61. The number of hydrogen-bond donors (Lipinski definition) is 1. The van der Waals surface area contributed by atoms with E-state index in [1.54, 1.807) is 0 Å². The molecule has 2 nitrogen and oxygen atoms in total. The van der Waals surface area contributed by atoms with Gasteiger partial charge in [-0.2, -0.15) is 0 Å². The largest absolute Gasteiger partial charge is 0.397 e. The van der Waals surface area contributed by atoms with Crippen molar-refractivity contribution in [2.75, 3.05) is 10.6 Å². The molecule has 0 heterocycles. The highest BCUT2D eigenvalue weighted by molar-refractivity contribution is 5.67. The van der Waals surface area contributed by atoms with Gasteiger partial charge in [-0.15, -0.1) is 0 Å². The normalized spacial score (nSPS) is 10.4. The van der Waals surface area contributed by atoms with Crippen molar-refractivity contribution in [3.63, 3.8) is 0 Å². The van der Waals surface area contributed by atoms with Crippen LogP contribution in [0.4, 0.5) is 11.4 Å². The summed E-state index contributed by atoms with van der Waals surface area (Å²) in [4.78, 5) is 2.32. The predicted molar refractivity (Wildman–Crippen MR) is 93.6 cm³/mol. The molecule has 0 aromatic heterocycles. The average Bonchev–Trinajstić information content (AvgIpc) is 2.57. The molecule has 0 radical (unpaired) electrons. The Hall–Kier alpha value is -2.74. The zero-order valence-electron chi connectivity index (χ0n) is 12.5. The van der Waals surface area contributed by atoms with Crippen LogP contribution in [0.2, 0.25) is 0 Å². The quantitative estimate of drug-likeness (QED) is 0.702. The number of nitrogens with zero attached hydrogens (tertiary/aromatic N) is 1. The highest BCUT2D eigenvalue weighted by atomic mass is 15.1. The Morgan fingerprint density at radius 1 is 0.591 bits per heavy atom. The van der Waals surface area contributed by atoms with Gasteiger partial charge in [-0.05, 0) is 23.3 Å². The summed E-state index contributed by atoms with van der Waals surface area (Å²) in [7, 11) is 0. The number of benzene rings is 3. The molecule has 0 atom stereocenters. The topological polar surface area (TPSA) is 29.3 Å². The second kappa shape index (κ2) is 6.81. The molecule has 0 unspecified atom stereocenters. The van der Waals surface area contributed by atoms with Gasteiger partial charge in [-0.25, -0.2) is 0 Å². The van der Waals surface area contributed by atoms with E-state index in [4.69, 9.17) is 5.73 Å². The Morgan fingerprint density at radius 2 is 1.05 bits per heavy atom. The van der Waals surface area contributed by atoms with E-state index in [1.165, 1.54) is 11.1 Å². The lowest BCUT2D eigenvalue weighted by atomic mass is 10.1. The second-order valence-electron chi connectivity index (χ2n) is 5.39. The van der Waals surface area contributed by atoms with Crippen molar-refractivity contribution in [1.29, 1.82) is 0 Å². The zero-order valence-corrected chi connectivity index (χ0v) is 12.5. The van der Waals surface area contributed by atoms with Gasteiger partial charge in [-0.1, -0.05) is 72.8 Å². The maximum absolute atomic E-state index is 6.19. The fraction of sp³-hybridized carbons (Fsp3) is 0.100. The van der Waals surface area contributed by atoms with Crippen molar-refractivity contribution >= 4 is 11.4 Å². The summed E-state index contributed by atoms with van der Waals surface area (Å²) >= 11 is 0. The molecule has 3 aromatic carbocycles. The number of anilines is 2. The van der Waals surface area contributed by atoms with Crippen LogP contribution in [0.3, 0.4) is 0 Å². The van der Waals surface area contributed by atoms with Crippen LogP contribution < -0.4 is 10.6 Å². The van der Waals surface area contributed by atoms with Gasteiger partial charge < -0.3 is 10.6 Å². The van der Waals surface area contributed by atoms with Crippen molar-refractivity contribution in [2.24, 2.45) is 0 Å². The predicted octanol–water partition coefficient (Wildman–Crippen LogP) is 4.48. The Labute approximate surface area is 131 Å². The van der Waals surface area contributed by atoms with Crippen molar-refractivity contribution < 1.29 is 0 Å². The zero-order chi connectivity index (χ0) is 15.2. The molecule has 3 rings (SSSR count). The molecular weight excluding hydrogens is 268 g/mol. The molecule has 0 amide bonds. The molecule has 0 fully saturated rings. The first kappa shape index (κ1) is 14.2. The molecule has 0 aliphatic rings. The third-order valence-electron chi connectivity index (χ3n) is 3.71. The maximum atomic E-state index is 6.19. The second-order valence-corrected chi connectivity index (χ2v) is 5.39. The van der Waals surface area contributed by atoms with E-state index in [9.17, 15) is 0 Å². The molecule has 110 valence electrons. The first-order valence-electron chi connectivity index (χ1n) is 7.50. The third-order valence-corrected chi connectivity index (χ3v) is 3.71. The number of nitrogens with two attached hydrogens (primary N) is 1. The summed E-state index contributed by atoms with van der Waals surface area (Å²) in [5.74, 6) is 0. The first-order chi connectivity index (χ1) is 10.8. The molecule has 0 bridgehead atoms. The molecule has 0 aliphatic heterocycles. The van der Waals surface area contributed by atoms with Gasteiger partial charge in [0.15, 0.2) is 0 Å². The lowest BCUT2D eigenvalue weighted by Gasteiger charge is -2.26. The first-order valence-corrected chi connectivity index (χ1v) is 7.50. The Kier molecular flexibility index (Phi) is 4.40. The molecule has 0 saturated carbocycles. The molecule has 0 saturated heterocycles. The molecule has 2 heteroatoms. The molecule has 0 spiro atoms. The van der Waals surface area contributed by atoms with Gasteiger partial charge in [0.2, 0.25) is 0 Å². The van der Waals surface area contributed by atoms with Crippen LogP contribution in [-0.2, 0) is 13.1 Å². The number of nitrogen functional groups attached to an aromatic ring is 1. The summed E-state index contributed by atoms with van der Waals surface area (Å²) in [5, 5.41) is 0. The lowest BCUT2D eigenvalue weighted by Crippen LogP contribution is -2.23. The average molecular weight is 288 g/mol. The van der Waals surface area contributed by atoms with Crippen LogP contribution in [0.5, 0.6) is 0 Å². The fourth-order valence-corrected chi connectivity index (χ4v) is 2.61. The molecular formula is C20H20N2. The monoisotopic (exact) mass is 288 g/mol. The van der Waals surface area contributed by atoms with E-state index < -0.39 is 0 Å². The van der Waals surface area contributed by atoms with Gasteiger partial charge in [0.25, 0.3) is 0 Å². The van der Waals surface area contributed by atoms with Crippen LogP contribution in [0.1, 0.15) is 11.1 Å². The van der Waals surface area contributed by atoms with E-state index in [0.717, 1.165) is 24.5 Å². The van der Waals surface area contributed by atoms with E-state index in [-0.39, 0.29) is 0 Å². The number of hydrogen-bond acceptors (Lipinski definition) is 2. The molecule has 2 N–H and O–H groups in total. The smallest absolute Gasteiger partial charge is 0.0605 e. The van der Waals surface area contributed by atoms with Crippen LogP contribution in [0.15, 0.2) is 84.9 Å². The Balaban J connectivity index is 1.90. The summed E-state index contributed by atoms with van der Waals surface area (Å²) in [5.41, 5.74) is 10.6. The Morgan fingerprint density at radius 3 is 1.55 bits per heavy atom. The van der Waals surface area contributed by atoms with Crippen LogP contribution in [0, 0.1) is 0 Å². The highest BCUT2D eigenvalue weighted by Crippen LogP contribution is 2.26. The van der Waals surface area contributed by atoms with Gasteiger partial charge >= 0.3 is 0 Å². The van der Waals surface area contributed by atoms with E-state index in [2.05, 4.69) is 59.5 Å². The van der Waals surface area contributed by atoms with Gasteiger partial charge in [0, 0.05) is 13.1 Å². The standard InChI is InChI=1S/C20H20N2/c21-19-13-7-8-14-20(19)22(15-17-9-3-1-4-10-17)16-18-11-5-2-6-12-18/h1-14H,15-16,21H2. The lowest BCUT2D eigenvalue weighted by molar-refractivity contribution is 0.801. The summed E-state index contributed by atoms with van der Waals surface area (Å²) in [6.07, 6.45) is 0. The summed E-state index contributed by atoms with van der Waals surface area (Å²) < 4.78 is 0. The summed E-state index contributed by atoms with van der Waals surface area (Å²) in [6, 6.07) is 29.0. The van der Waals surface area contributed by atoms with Gasteiger partial charge in [-0.3, -0.25) is 0 Å². The minimum Gasteiger partial charge on any atom is -0.397 e. The molecule has 0 aliphatic carbocycles. The molecule has 3 aromatic rings. The van der Waals surface area contributed by atoms with Crippen LogP contribution in [0.25, 0.3) is 0 Å². The van der Waals surface area contributed by atoms with Crippen molar-refractivity contribution in [3.8, 4) is 0 Å². The third kappa shape index (κ3) is 3.47. The van der Waals surface area contributed by atoms with Crippen LogP contribution >= 0.6 is 0 Å². The Bertz CT molecular complexity index is 667. The van der Waals surface area contributed by atoms with Crippen LogP contribution in [-0.4, -0.2) is 0 Å². The minimum absolute atomic E-state index is 0.814. The summed E-state index contributed by atoms with van der Waals surface area (Å²) in [6.45, 7) is 1.67. The van der Waals surface area contributed by atoms with Gasteiger partial charge in [0.1, 0.15) is 0 Å². The van der Waals surface area contributed by atoms with Gasteiger partial charge in [0.05, 0.1) is 11.4 Å². The number of para-hydroxylation sites is 2. The van der Waals surface area contributed by atoms with Crippen molar-refractivity contribution in [1.82, 2.24) is 0 Å². The van der Waals surface area contributed by atoms with E-state index in [0.29, 0.717) is 0 Å². The highest BCUT2D eigenvalue weighted by Gasteiger charge is 2.10. The minimum atomic E-state index is 0.814. The number of rotatable bonds is 5. The van der Waals surface area contributed by atoms with E-state index in [1.807, 2.05) is 30.3 Å². The SMILES string of the molecule is Nc1ccccc1N(Cc1ccccc1)Cc1ccccc1. The van der Waals surface area contributed by atoms with Crippen molar-refractivity contribution in [3.05, 3.63) is 96.1 Å². The maximum Gasteiger partial charge on any atom is 0.0605 e.